The van der Waals surface area contributed by atoms with Crippen molar-refractivity contribution in [2.45, 2.75) is 77.4 Å². The van der Waals surface area contributed by atoms with Crippen LogP contribution in [0.25, 0.3) is 0 Å². The van der Waals surface area contributed by atoms with Crippen molar-refractivity contribution >= 4 is 27.5 Å². The minimum absolute atomic E-state index is 0.0757. The highest BCUT2D eigenvalue weighted by molar-refractivity contribution is 7.92. The van der Waals surface area contributed by atoms with Gasteiger partial charge in [-0.1, -0.05) is 55.8 Å². The third kappa shape index (κ3) is 8.35. The first-order valence-corrected chi connectivity index (χ1v) is 15.5. The molecule has 0 unspecified atom stereocenters. The SMILES string of the molecule is COc1cccc(CN(C(=O)CN(c2ccc(C(C)C)cc2)S(=O)(=O)c2ccc(C)cc2)[C@@H](C)C(=O)NC(C)(C)C)c1. The standard InChI is InChI=1S/C33H43N3O5S/c1-23(2)27-14-16-28(17-15-27)36(42(39,40)30-18-12-24(3)13-19-30)22-31(37)35(25(4)32(38)34-33(5,6)7)21-26-10-9-11-29(20-26)41-8/h9-20,23,25H,21-22H2,1-8H3,(H,34,38)/t25-/m0/s1. The van der Waals surface area contributed by atoms with Crippen LogP contribution in [0.1, 0.15) is 64.2 Å². The van der Waals surface area contributed by atoms with Crippen LogP contribution in [0.4, 0.5) is 5.69 Å². The van der Waals surface area contributed by atoms with Gasteiger partial charge in [-0.25, -0.2) is 8.42 Å². The molecule has 9 heteroatoms. The summed E-state index contributed by atoms with van der Waals surface area (Å²) in [7, 11) is -2.57. The molecule has 3 rings (SSSR count). The average molecular weight is 594 g/mol. The molecule has 0 spiro atoms. The Morgan fingerprint density at radius 2 is 1.55 bits per heavy atom. The molecule has 3 aromatic carbocycles. The Labute approximate surface area is 250 Å². The van der Waals surface area contributed by atoms with Gasteiger partial charge in [-0.05, 0) is 88.1 Å². The maximum absolute atomic E-state index is 14.1. The highest BCUT2D eigenvalue weighted by atomic mass is 32.2. The molecule has 42 heavy (non-hydrogen) atoms. The third-order valence-corrected chi connectivity index (χ3v) is 8.68. The van der Waals surface area contributed by atoms with Crippen LogP contribution in [0.2, 0.25) is 0 Å². The van der Waals surface area contributed by atoms with E-state index in [0.29, 0.717) is 11.4 Å². The quantitative estimate of drug-likeness (QED) is 0.310. The Bertz CT molecular complexity index is 1480. The van der Waals surface area contributed by atoms with Crippen molar-refractivity contribution in [1.29, 1.82) is 0 Å². The highest BCUT2D eigenvalue weighted by Gasteiger charge is 2.33. The topological polar surface area (TPSA) is 96.0 Å². The lowest BCUT2D eigenvalue weighted by atomic mass is 10.0. The zero-order chi connectivity index (χ0) is 31.2. The number of hydrogen-bond acceptors (Lipinski definition) is 5. The molecule has 3 aromatic rings. The summed E-state index contributed by atoms with van der Waals surface area (Å²) in [4.78, 5) is 28.9. The Kier molecular flexibility index (Phi) is 10.4. The van der Waals surface area contributed by atoms with E-state index in [0.717, 1.165) is 21.0 Å². The van der Waals surface area contributed by atoms with Crippen LogP contribution in [0, 0.1) is 6.92 Å². The van der Waals surface area contributed by atoms with Crippen LogP contribution in [0.15, 0.2) is 77.7 Å². The Morgan fingerprint density at radius 1 is 0.929 bits per heavy atom. The minimum atomic E-state index is -4.13. The van der Waals surface area contributed by atoms with Gasteiger partial charge in [0.25, 0.3) is 10.0 Å². The van der Waals surface area contributed by atoms with Gasteiger partial charge < -0.3 is 15.0 Å². The van der Waals surface area contributed by atoms with Gasteiger partial charge in [-0.3, -0.25) is 13.9 Å². The van der Waals surface area contributed by atoms with E-state index in [2.05, 4.69) is 19.2 Å². The summed E-state index contributed by atoms with van der Waals surface area (Å²) in [5.41, 5.74) is 2.55. The van der Waals surface area contributed by atoms with E-state index in [1.165, 1.54) is 17.0 Å². The van der Waals surface area contributed by atoms with Gasteiger partial charge in [0, 0.05) is 12.1 Å². The number of benzene rings is 3. The summed E-state index contributed by atoms with van der Waals surface area (Å²) in [6.45, 7) is 12.8. The van der Waals surface area contributed by atoms with Crippen molar-refractivity contribution < 1.29 is 22.7 Å². The Balaban J connectivity index is 2.06. The fraction of sp³-hybridized carbons (Fsp3) is 0.394. The van der Waals surface area contributed by atoms with Crippen molar-refractivity contribution in [3.63, 3.8) is 0 Å². The van der Waals surface area contributed by atoms with Crippen molar-refractivity contribution in [3.8, 4) is 5.75 Å². The largest absolute Gasteiger partial charge is 0.497 e. The maximum atomic E-state index is 14.1. The van der Waals surface area contributed by atoms with Crippen LogP contribution in [0.3, 0.4) is 0 Å². The fourth-order valence-electron chi connectivity index (χ4n) is 4.42. The van der Waals surface area contributed by atoms with Gasteiger partial charge in [0.05, 0.1) is 17.7 Å². The summed E-state index contributed by atoms with van der Waals surface area (Å²) in [5.74, 6) is 0.00913. The van der Waals surface area contributed by atoms with Gasteiger partial charge >= 0.3 is 0 Å². The number of rotatable bonds is 11. The first-order valence-electron chi connectivity index (χ1n) is 14.1. The average Bonchev–Trinajstić information content (AvgIpc) is 2.93. The fourth-order valence-corrected chi connectivity index (χ4v) is 5.83. The van der Waals surface area contributed by atoms with Gasteiger partial charge in [0.2, 0.25) is 11.8 Å². The summed E-state index contributed by atoms with van der Waals surface area (Å²) >= 11 is 0. The lowest BCUT2D eigenvalue weighted by molar-refractivity contribution is -0.140. The van der Waals surface area contributed by atoms with Crippen molar-refractivity contribution in [2.75, 3.05) is 18.0 Å². The van der Waals surface area contributed by atoms with Gasteiger partial charge in [-0.15, -0.1) is 0 Å². The first-order chi connectivity index (χ1) is 19.6. The molecule has 0 radical (unpaired) electrons. The molecule has 8 nitrogen and oxygen atoms in total. The Hall–Kier alpha value is -3.85. The summed E-state index contributed by atoms with van der Waals surface area (Å²) in [6.07, 6.45) is 0. The lowest BCUT2D eigenvalue weighted by Crippen LogP contribution is -2.54. The molecular weight excluding hydrogens is 550 g/mol. The molecule has 0 saturated heterocycles. The third-order valence-electron chi connectivity index (χ3n) is 6.89. The molecule has 0 aromatic heterocycles. The molecule has 1 atom stereocenters. The number of aryl methyl sites for hydroxylation is 1. The first kappa shape index (κ1) is 32.7. The number of anilines is 1. The molecule has 0 heterocycles. The second-order valence-electron chi connectivity index (χ2n) is 11.9. The molecule has 0 saturated carbocycles. The molecule has 0 aliphatic heterocycles. The van der Waals surface area contributed by atoms with Crippen LogP contribution < -0.4 is 14.4 Å². The monoisotopic (exact) mass is 593 g/mol. The van der Waals surface area contributed by atoms with E-state index in [1.807, 2.05) is 45.9 Å². The van der Waals surface area contributed by atoms with E-state index >= 15 is 0 Å². The second kappa shape index (κ2) is 13.4. The summed E-state index contributed by atoms with van der Waals surface area (Å²) in [5, 5.41) is 2.94. The van der Waals surface area contributed by atoms with Crippen molar-refractivity contribution in [3.05, 3.63) is 89.5 Å². The maximum Gasteiger partial charge on any atom is 0.264 e. The number of ether oxygens (including phenoxy) is 1. The van der Waals surface area contributed by atoms with Crippen molar-refractivity contribution in [1.82, 2.24) is 10.2 Å². The van der Waals surface area contributed by atoms with Crippen LogP contribution in [0.5, 0.6) is 5.75 Å². The number of hydrogen-bond donors (Lipinski definition) is 1. The minimum Gasteiger partial charge on any atom is -0.497 e. The Morgan fingerprint density at radius 3 is 2.10 bits per heavy atom. The van der Waals surface area contributed by atoms with E-state index in [9.17, 15) is 18.0 Å². The smallest absolute Gasteiger partial charge is 0.264 e. The predicted octanol–water partition coefficient (Wildman–Crippen LogP) is 5.65. The van der Waals surface area contributed by atoms with E-state index in [4.69, 9.17) is 4.74 Å². The predicted molar refractivity (Wildman–Crippen MR) is 167 cm³/mol. The molecular formula is C33H43N3O5S. The number of carbonyl (C=O) groups is 2. The van der Waals surface area contributed by atoms with Crippen LogP contribution in [-0.4, -0.2) is 50.4 Å². The van der Waals surface area contributed by atoms with E-state index in [1.54, 1.807) is 56.5 Å². The van der Waals surface area contributed by atoms with Gasteiger partial charge in [-0.2, -0.15) is 0 Å². The number of carbonyl (C=O) groups excluding carboxylic acids is 2. The number of methoxy groups -OCH3 is 1. The molecule has 1 N–H and O–H groups in total. The lowest BCUT2D eigenvalue weighted by Gasteiger charge is -2.33. The van der Waals surface area contributed by atoms with E-state index < -0.39 is 34.1 Å². The molecule has 0 bridgehead atoms. The summed E-state index contributed by atoms with van der Waals surface area (Å²) in [6, 6.07) is 20.1. The molecule has 0 aliphatic rings. The number of amides is 2. The number of nitrogens with one attached hydrogen (secondary N) is 1. The zero-order valence-corrected chi connectivity index (χ0v) is 26.7. The van der Waals surface area contributed by atoms with Crippen LogP contribution in [-0.2, 0) is 26.2 Å². The van der Waals surface area contributed by atoms with Crippen LogP contribution >= 0.6 is 0 Å². The molecule has 0 aliphatic carbocycles. The molecule has 226 valence electrons. The second-order valence-corrected chi connectivity index (χ2v) is 13.7. The van der Waals surface area contributed by atoms with Gasteiger partial charge in [0.1, 0.15) is 18.3 Å². The normalized spacial score (nSPS) is 12.5. The van der Waals surface area contributed by atoms with Crippen molar-refractivity contribution in [2.24, 2.45) is 0 Å². The molecule has 0 fully saturated rings. The molecule has 2 amide bonds. The highest BCUT2D eigenvalue weighted by Crippen LogP contribution is 2.27. The van der Waals surface area contributed by atoms with E-state index in [-0.39, 0.29) is 23.3 Å². The number of nitrogens with zero attached hydrogens (tertiary/aromatic N) is 2. The van der Waals surface area contributed by atoms with Gasteiger partial charge in [0.15, 0.2) is 0 Å². The zero-order valence-electron chi connectivity index (χ0n) is 25.8. The number of sulfonamides is 1. The summed E-state index contributed by atoms with van der Waals surface area (Å²) < 4.78 is 34.5.